The molecule has 2 N–H and O–H groups in total. The van der Waals surface area contributed by atoms with Crippen LogP contribution in [0, 0.1) is 0 Å². The number of aromatic nitrogens is 3. The molecule has 0 amide bonds. The van der Waals surface area contributed by atoms with Crippen molar-refractivity contribution in [3.63, 3.8) is 0 Å². The Labute approximate surface area is 196 Å². The van der Waals surface area contributed by atoms with Gasteiger partial charge in [0.25, 0.3) is 0 Å². The highest BCUT2D eigenvalue weighted by atomic mass is 35.5. The van der Waals surface area contributed by atoms with Crippen LogP contribution >= 0.6 is 11.6 Å². The first-order valence-electron chi connectivity index (χ1n) is 10.6. The summed E-state index contributed by atoms with van der Waals surface area (Å²) in [5, 5.41) is 6.93. The van der Waals surface area contributed by atoms with Gasteiger partial charge in [0.2, 0.25) is 0 Å². The highest BCUT2D eigenvalue weighted by Gasteiger charge is 2.27. The topological polar surface area (TPSA) is 84.4 Å². The van der Waals surface area contributed by atoms with Gasteiger partial charge in [-0.1, -0.05) is 17.7 Å². The van der Waals surface area contributed by atoms with Crippen LogP contribution in [0.4, 0.5) is 11.4 Å². The number of nitrogens with one attached hydrogen (secondary N) is 2. The van der Waals surface area contributed by atoms with Crippen LogP contribution in [0.1, 0.15) is 12.1 Å². The molecule has 1 aliphatic rings. The molecule has 168 valence electrons. The van der Waals surface area contributed by atoms with E-state index in [2.05, 4.69) is 30.7 Å². The molecule has 1 saturated heterocycles. The molecule has 4 aromatic rings. The molecule has 1 fully saturated rings. The van der Waals surface area contributed by atoms with Gasteiger partial charge in [0.05, 0.1) is 29.0 Å². The van der Waals surface area contributed by atoms with E-state index in [1.54, 1.807) is 19.5 Å². The van der Waals surface area contributed by atoms with Crippen molar-refractivity contribution in [1.82, 2.24) is 20.3 Å². The van der Waals surface area contributed by atoms with Crippen LogP contribution in [0.5, 0.6) is 11.5 Å². The molecule has 3 heterocycles. The number of anilines is 2. The summed E-state index contributed by atoms with van der Waals surface area (Å²) in [5.74, 6) is 1.31. The van der Waals surface area contributed by atoms with Gasteiger partial charge >= 0.3 is 0 Å². The van der Waals surface area contributed by atoms with E-state index in [0.717, 1.165) is 40.9 Å². The Hall–Kier alpha value is -3.62. The van der Waals surface area contributed by atoms with Crippen LogP contribution in [-0.4, -0.2) is 34.8 Å². The van der Waals surface area contributed by atoms with Crippen molar-refractivity contribution < 1.29 is 9.47 Å². The fourth-order valence-corrected chi connectivity index (χ4v) is 3.85. The Balaban J connectivity index is 1.40. The average Bonchev–Trinajstić information content (AvgIpc) is 2.82. The third-order valence-corrected chi connectivity index (χ3v) is 5.75. The fourth-order valence-electron chi connectivity index (χ4n) is 3.61. The van der Waals surface area contributed by atoms with Crippen LogP contribution < -0.4 is 25.2 Å². The number of methoxy groups -OCH3 is 1. The van der Waals surface area contributed by atoms with Crippen LogP contribution in [-0.2, 0) is 6.61 Å². The molecule has 9 heteroatoms. The Morgan fingerprint density at radius 1 is 1.15 bits per heavy atom. The third kappa shape index (κ3) is 4.62. The molecule has 0 bridgehead atoms. The molecule has 0 spiro atoms. The first-order valence-corrected chi connectivity index (χ1v) is 11.0. The summed E-state index contributed by atoms with van der Waals surface area (Å²) < 4.78 is 11.5. The predicted molar refractivity (Wildman–Crippen MR) is 129 cm³/mol. The number of hydrogen-bond acceptors (Lipinski definition) is 8. The van der Waals surface area contributed by atoms with Crippen molar-refractivity contribution in [1.29, 1.82) is 0 Å². The standard InChI is InChI=1S/C24H23ClN6O2/c1-32-23-12-20-16(13-26-15-29-20)10-21(23)31(24-7-9-28-24)30-17-5-6-22(19(25)11-17)33-14-18-4-2-3-8-27-18/h2-6,8,10-13,15,24,28,30H,7,9,14H2,1H3. The van der Waals surface area contributed by atoms with Gasteiger partial charge in [-0.3, -0.25) is 20.7 Å². The predicted octanol–water partition coefficient (Wildman–Crippen LogP) is 4.42. The molecule has 0 radical (unpaired) electrons. The summed E-state index contributed by atoms with van der Waals surface area (Å²) in [6.07, 6.45) is 6.15. The summed E-state index contributed by atoms with van der Waals surface area (Å²) in [6.45, 7) is 1.30. The number of hydrogen-bond donors (Lipinski definition) is 2. The second kappa shape index (κ2) is 9.48. The second-order valence-electron chi connectivity index (χ2n) is 7.60. The molecule has 2 aromatic carbocycles. The van der Waals surface area contributed by atoms with Gasteiger partial charge < -0.3 is 9.47 Å². The van der Waals surface area contributed by atoms with Crippen LogP contribution in [0.2, 0.25) is 5.02 Å². The minimum absolute atomic E-state index is 0.0971. The van der Waals surface area contributed by atoms with Crippen molar-refractivity contribution in [2.24, 2.45) is 0 Å². The summed E-state index contributed by atoms with van der Waals surface area (Å²) in [5.41, 5.74) is 6.84. The molecule has 8 nitrogen and oxygen atoms in total. The summed E-state index contributed by atoms with van der Waals surface area (Å²) in [4.78, 5) is 12.8. The summed E-state index contributed by atoms with van der Waals surface area (Å²) >= 11 is 6.53. The molecule has 33 heavy (non-hydrogen) atoms. The maximum Gasteiger partial charge on any atom is 0.146 e. The SMILES string of the molecule is COc1cc2ncncc2cc1N(Nc1ccc(OCc2ccccn2)c(Cl)c1)C1CCN1. The Bertz CT molecular complexity index is 1250. The molecule has 2 aromatic heterocycles. The third-order valence-electron chi connectivity index (χ3n) is 5.46. The highest BCUT2D eigenvalue weighted by molar-refractivity contribution is 6.32. The number of ether oxygens (including phenoxy) is 2. The lowest BCUT2D eigenvalue weighted by atomic mass is 10.1. The first kappa shape index (κ1) is 21.2. The number of benzene rings is 2. The van der Waals surface area contributed by atoms with E-state index in [9.17, 15) is 0 Å². The summed E-state index contributed by atoms with van der Waals surface area (Å²) in [7, 11) is 1.66. The minimum atomic E-state index is 0.0971. The fraction of sp³-hybridized carbons (Fsp3) is 0.208. The quantitative estimate of drug-likeness (QED) is 0.372. The van der Waals surface area contributed by atoms with Crippen LogP contribution in [0.15, 0.2) is 67.3 Å². The van der Waals surface area contributed by atoms with Crippen molar-refractivity contribution in [3.8, 4) is 11.5 Å². The van der Waals surface area contributed by atoms with Crippen LogP contribution in [0.3, 0.4) is 0 Å². The lowest BCUT2D eigenvalue weighted by Gasteiger charge is -2.41. The van der Waals surface area contributed by atoms with Gasteiger partial charge in [-0.05, 0) is 42.8 Å². The van der Waals surface area contributed by atoms with E-state index in [-0.39, 0.29) is 6.17 Å². The normalized spacial score (nSPS) is 15.0. The van der Waals surface area contributed by atoms with E-state index in [1.807, 2.05) is 48.5 Å². The molecule has 1 aliphatic heterocycles. The number of rotatable bonds is 8. The first-order chi connectivity index (χ1) is 16.2. The van der Waals surface area contributed by atoms with E-state index in [1.165, 1.54) is 6.33 Å². The second-order valence-corrected chi connectivity index (χ2v) is 8.01. The lowest BCUT2D eigenvalue weighted by molar-refractivity contribution is 0.301. The molecular formula is C24H23ClN6O2. The van der Waals surface area contributed by atoms with E-state index >= 15 is 0 Å². The van der Waals surface area contributed by atoms with E-state index in [0.29, 0.717) is 23.1 Å². The monoisotopic (exact) mass is 462 g/mol. The largest absolute Gasteiger partial charge is 0.494 e. The lowest BCUT2D eigenvalue weighted by Crippen LogP contribution is -2.57. The van der Waals surface area contributed by atoms with Gasteiger partial charge in [0.1, 0.15) is 36.3 Å². The van der Waals surface area contributed by atoms with Gasteiger partial charge in [0.15, 0.2) is 0 Å². The maximum atomic E-state index is 6.53. The van der Waals surface area contributed by atoms with Gasteiger partial charge in [-0.2, -0.15) is 0 Å². The van der Waals surface area contributed by atoms with E-state index in [4.69, 9.17) is 21.1 Å². The zero-order chi connectivity index (χ0) is 22.6. The van der Waals surface area contributed by atoms with Gasteiger partial charge in [0, 0.05) is 30.4 Å². The van der Waals surface area contributed by atoms with Gasteiger partial charge in [-0.15, -0.1) is 0 Å². The number of halogens is 1. The van der Waals surface area contributed by atoms with Crippen molar-refractivity contribution >= 4 is 33.9 Å². The van der Waals surface area contributed by atoms with Crippen LogP contribution in [0.25, 0.3) is 10.9 Å². The number of hydrazine groups is 1. The number of nitrogens with zero attached hydrogens (tertiary/aromatic N) is 4. The molecule has 1 unspecified atom stereocenters. The van der Waals surface area contributed by atoms with E-state index < -0.39 is 0 Å². The Kier molecular flexibility index (Phi) is 6.10. The molecule has 0 aliphatic carbocycles. The molecular weight excluding hydrogens is 440 g/mol. The van der Waals surface area contributed by atoms with Crippen molar-refractivity contribution in [2.75, 3.05) is 24.1 Å². The Morgan fingerprint density at radius 2 is 2.06 bits per heavy atom. The zero-order valence-corrected chi connectivity index (χ0v) is 18.8. The van der Waals surface area contributed by atoms with Crippen molar-refractivity contribution in [2.45, 2.75) is 19.2 Å². The average molecular weight is 463 g/mol. The summed E-state index contributed by atoms with van der Waals surface area (Å²) in [6, 6.07) is 15.3. The number of fused-ring (bicyclic) bond motifs is 1. The molecule has 0 saturated carbocycles. The minimum Gasteiger partial charge on any atom is -0.494 e. The van der Waals surface area contributed by atoms with Crippen molar-refractivity contribution in [3.05, 3.63) is 78.0 Å². The highest BCUT2D eigenvalue weighted by Crippen LogP contribution is 2.36. The maximum absolute atomic E-state index is 6.53. The zero-order valence-electron chi connectivity index (χ0n) is 18.0. The number of pyridine rings is 1. The Morgan fingerprint density at radius 3 is 2.79 bits per heavy atom. The van der Waals surface area contributed by atoms with Gasteiger partial charge in [-0.25, -0.2) is 9.97 Å². The molecule has 5 rings (SSSR count). The smallest absolute Gasteiger partial charge is 0.146 e. The molecule has 1 atom stereocenters.